The Bertz CT molecular complexity index is 497. The molecule has 0 bridgehead atoms. The minimum absolute atomic E-state index is 0.210. The molecule has 1 N–H and O–H groups in total. The van der Waals surface area contributed by atoms with E-state index in [4.69, 9.17) is 4.98 Å². The van der Waals surface area contributed by atoms with E-state index in [2.05, 4.69) is 44.2 Å². The van der Waals surface area contributed by atoms with Crippen LogP contribution in [0.25, 0.3) is 0 Å². The van der Waals surface area contributed by atoms with Crippen molar-refractivity contribution in [2.75, 3.05) is 6.54 Å². The molecule has 1 heterocycles. The van der Waals surface area contributed by atoms with Crippen molar-refractivity contribution in [2.24, 2.45) is 5.92 Å². The molecule has 20 heavy (non-hydrogen) atoms. The molecule has 0 aliphatic heterocycles. The molecule has 0 saturated heterocycles. The van der Waals surface area contributed by atoms with E-state index in [-0.39, 0.29) is 5.54 Å². The summed E-state index contributed by atoms with van der Waals surface area (Å²) in [5.41, 5.74) is 3.20. The van der Waals surface area contributed by atoms with E-state index in [1.54, 1.807) is 0 Å². The van der Waals surface area contributed by atoms with E-state index < -0.39 is 0 Å². The number of hydrogen-bond acceptors (Lipinski definition) is 3. The Balaban J connectivity index is 1.67. The van der Waals surface area contributed by atoms with Crippen LogP contribution in [0.1, 0.15) is 64.0 Å². The zero-order chi connectivity index (χ0) is 14.4. The first-order valence-corrected chi connectivity index (χ1v) is 7.96. The molecule has 0 spiro atoms. The highest BCUT2D eigenvalue weighted by molar-refractivity contribution is 5.25. The molecule has 0 amide bonds. The highest BCUT2D eigenvalue weighted by Crippen LogP contribution is 2.46. The third-order valence-corrected chi connectivity index (χ3v) is 4.71. The van der Waals surface area contributed by atoms with E-state index >= 15 is 0 Å². The third-order valence-electron chi connectivity index (χ3n) is 4.71. The number of fused-ring (bicyclic) bond motifs is 1. The van der Waals surface area contributed by atoms with E-state index in [1.165, 1.54) is 30.5 Å². The highest BCUT2D eigenvalue weighted by atomic mass is 15.0. The molecule has 1 unspecified atom stereocenters. The molecule has 3 rings (SSSR count). The lowest BCUT2D eigenvalue weighted by Crippen LogP contribution is -2.40. The standard InChI is InChI=1S/C17H27N3/c1-16(2,3)19-10-12-5-6-14-13(9-12)11-18-15(20-14)17(4)7-8-17/h11-12,19H,5-10H2,1-4H3. The van der Waals surface area contributed by atoms with Crippen LogP contribution in [0, 0.1) is 5.92 Å². The molecule has 2 aliphatic carbocycles. The average molecular weight is 273 g/mol. The van der Waals surface area contributed by atoms with Crippen molar-refractivity contribution >= 4 is 0 Å². The van der Waals surface area contributed by atoms with Crippen molar-refractivity contribution < 1.29 is 0 Å². The number of nitrogens with zero attached hydrogens (tertiary/aromatic N) is 2. The molecule has 3 heteroatoms. The molecule has 1 fully saturated rings. The molecule has 2 aliphatic rings. The zero-order valence-corrected chi connectivity index (χ0v) is 13.3. The summed E-state index contributed by atoms with van der Waals surface area (Å²) in [6.45, 7) is 10.1. The lowest BCUT2D eigenvalue weighted by atomic mass is 9.86. The maximum absolute atomic E-state index is 4.86. The molecule has 110 valence electrons. The van der Waals surface area contributed by atoms with Gasteiger partial charge in [0.05, 0.1) is 0 Å². The predicted octanol–water partition coefficient (Wildman–Crippen LogP) is 3.02. The Hall–Kier alpha value is -0.960. The molecule has 1 atom stereocenters. The van der Waals surface area contributed by atoms with Gasteiger partial charge < -0.3 is 5.32 Å². The van der Waals surface area contributed by atoms with Crippen LogP contribution in [0.2, 0.25) is 0 Å². The summed E-state index contributed by atoms with van der Waals surface area (Å²) in [5.74, 6) is 1.82. The lowest BCUT2D eigenvalue weighted by Gasteiger charge is -2.28. The van der Waals surface area contributed by atoms with Gasteiger partial charge in [-0.3, -0.25) is 0 Å². The number of aryl methyl sites for hydroxylation is 1. The van der Waals surface area contributed by atoms with Gasteiger partial charge in [-0.1, -0.05) is 6.92 Å². The summed E-state index contributed by atoms with van der Waals surface area (Å²) in [6.07, 6.45) is 8.12. The second-order valence-corrected chi connectivity index (χ2v) is 7.97. The quantitative estimate of drug-likeness (QED) is 0.920. The van der Waals surface area contributed by atoms with Gasteiger partial charge in [-0.15, -0.1) is 0 Å². The third kappa shape index (κ3) is 3.03. The van der Waals surface area contributed by atoms with Crippen LogP contribution in [0.15, 0.2) is 6.20 Å². The van der Waals surface area contributed by atoms with Gasteiger partial charge in [-0.25, -0.2) is 9.97 Å². The normalized spacial score (nSPS) is 24.3. The van der Waals surface area contributed by atoms with Crippen molar-refractivity contribution in [2.45, 2.75) is 70.8 Å². The van der Waals surface area contributed by atoms with Gasteiger partial charge in [0, 0.05) is 22.8 Å². The van der Waals surface area contributed by atoms with Gasteiger partial charge in [-0.05, 0) is 70.9 Å². The SMILES string of the molecule is CC(C)(C)NCC1CCc2nc(C3(C)CC3)ncc2C1. The van der Waals surface area contributed by atoms with Gasteiger partial charge in [0.2, 0.25) is 0 Å². The van der Waals surface area contributed by atoms with E-state index in [9.17, 15) is 0 Å². The Kier molecular flexibility index (Phi) is 3.36. The molecule has 0 aromatic carbocycles. The molecule has 1 aromatic heterocycles. The first-order chi connectivity index (χ1) is 9.36. The zero-order valence-electron chi connectivity index (χ0n) is 13.3. The molecular weight excluding hydrogens is 246 g/mol. The van der Waals surface area contributed by atoms with Crippen molar-refractivity contribution in [3.63, 3.8) is 0 Å². The molecule has 0 radical (unpaired) electrons. The van der Waals surface area contributed by atoms with E-state index in [0.29, 0.717) is 5.41 Å². The summed E-state index contributed by atoms with van der Waals surface area (Å²) in [7, 11) is 0. The monoisotopic (exact) mass is 273 g/mol. The van der Waals surface area contributed by atoms with Crippen LogP contribution in [0.5, 0.6) is 0 Å². The van der Waals surface area contributed by atoms with Crippen molar-refractivity contribution in [1.82, 2.24) is 15.3 Å². The van der Waals surface area contributed by atoms with E-state index in [0.717, 1.165) is 31.1 Å². The highest BCUT2D eigenvalue weighted by Gasteiger charge is 2.42. The van der Waals surface area contributed by atoms with Gasteiger partial charge in [0.1, 0.15) is 5.82 Å². The second-order valence-electron chi connectivity index (χ2n) is 7.97. The number of hydrogen-bond donors (Lipinski definition) is 1. The van der Waals surface area contributed by atoms with Gasteiger partial charge in [0.25, 0.3) is 0 Å². The van der Waals surface area contributed by atoms with Crippen LogP contribution in [-0.2, 0) is 18.3 Å². The van der Waals surface area contributed by atoms with Crippen LogP contribution in [0.3, 0.4) is 0 Å². The second kappa shape index (κ2) is 4.80. The minimum atomic E-state index is 0.210. The fourth-order valence-corrected chi connectivity index (χ4v) is 2.91. The first-order valence-electron chi connectivity index (χ1n) is 7.96. The summed E-state index contributed by atoms with van der Waals surface area (Å²) < 4.78 is 0. The van der Waals surface area contributed by atoms with Gasteiger partial charge >= 0.3 is 0 Å². The van der Waals surface area contributed by atoms with Gasteiger partial charge in [-0.2, -0.15) is 0 Å². The van der Waals surface area contributed by atoms with Crippen LogP contribution in [0.4, 0.5) is 0 Å². The molecule has 1 saturated carbocycles. The summed E-state index contributed by atoms with van der Waals surface area (Å²) in [4.78, 5) is 9.50. The first kappa shape index (κ1) is 14.0. The van der Waals surface area contributed by atoms with Crippen LogP contribution < -0.4 is 5.32 Å². The van der Waals surface area contributed by atoms with E-state index in [1.807, 2.05) is 0 Å². The average Bonchev–Trinajstić information content (AvgIpc) is 3.14. The number of nitrogens with one attached hydrogen (secondary N) is 1. The minimum Gasteiger partial charge on any atom is -0.312 e. The maximum atomic E-state index is 4.86. The smallest absolute Gasteiger partial charge is 0.134 e. The summed E-state index contributed by atoms with van der Waals surface area (Å²) in [6, 6.07) is 0. The Morgan fingerprint density at radius 1 is 1.35 bits per heavy atom. The van der Waals surface area contributed by atoms with Gasteiger partial charge in [0.15, 0.2) is 0 Å². The van der Waals surface area contributed by atoms with Crippen molar-refractivity contribution in [3.8, 4) is 0 Å². The largest absolute Gasteiger partial charge is 0.312 e. The fraction of sp³-hybridized carbons (Fsp3) is 0.765. The number of rotatable bonds is 3. The summed E-state index contributed by atoms with van der Waals surface area (Å²) >= 11 is 0. The Morgan fingerprint density at radius 2 is 2.10 bits per heavy atom. The summed E-state index contributed by atoms with van der Waals surface area (Å²) in [5, 5.41) is 3.63. The van der Waals surface area contributed by atoms with Crippen molar-refractivity contribution in [1.29, 1.82) is 0 Å². The fourth-order valence-electron chi connectivity index (χ4n) is 2.91. The molecule has 3 nitrogen and oxygen atoms in total. The molecular formula is C17H27N3. The van der Waals surface area contributed by atoms with Crippen LogP contribution >= 0.6 is 0 Å². The topological polar surface area (TPSA) is 37.8 Å². The maximum Gasteiger partial charge on any atom is 0.134 e. The molecule has 1 aromatic rings. The number of aromatic nitrogens is 2. The predicted molar refractivity (Wildman–Crippen MR) is 81.9 cm³/mol. The lowest BCUT2D eigenvalue weighted by molar-refractivity contribution is 0.346. The van der Waals surface area contributed by atoms with Crippen LogP contribution in [-0.4, -0.2) is 22.1 Å². The van der Waals surface area contributed by atoms with Crippen molar-refractivity contribution in [3.05, 3.63) is 23.3 Å². The Labute approximate surface area is 122 Å². The Morgan fingerprint density at radius 3 is 2.75 bits per heavy atom.